The molecule has 14 heavy (non-hydrogen) atoms. The molecule has 0 radical (unpaired) electrons. The van der Waals surface area contributed by atoms with E-state index in [4.69, 9.17) is 0 Å². The molecule has 0 amide bonds. The second-order valence-corrected chi connectivity index (χ2v) is 5.21. The summed E-state index contributed by atoms with van der Waals surface area (Å²) < 4.78 is 0. The summed E-state index contributed by atoms with van der Waals surface area (Å²) in [4.78, 5) is 13.7. The first kappa shape index (κ1) is 8.72. The predicted molar refractivity (Wildman–Crippen MR) is 52.0 cm³/mol. The maximum atomic E-state index is 11.2. The summed E-state index contributed by atoms with van der Waals surface area (Å²) in [6, 6.07) is 0. The number of hydrogen-bond donors (Lipinski definition) is 1. The van der Waals surface area contributed by atoms with Crippen molar-refractivity contribution in [2.75, 3.05) is 19.6 Å². The van der Waals surface area contributed by atoms with Crippen LogP contribution in [0.1, 0.15) is 25.7 Å². The van der Waals surface area contributed by atoms with Crippen molar-refractivity contribution in [2.45, 2.75) is 25.7 Å². The highest BCUT2D eigenvalue weighted by atomic mass is 16.4. The van der Waals surface area contributed by atoms with Gasteiger partial charge in [0.15, 0.2) is 0 Å². The molecule has 3 nitrogen and oxygen atoms in total. The van der Waals surface area contributed by atoms with E-state index in [1.54, 1.807) is 0 Å². The Kier molecular flexibility index (Phi) is 1.69. The maximum absolute atomic E-state index is 11.2. The molecule has 3 saturated heterocycles. The number of rotatable bonds is 2. The minimum absolute atomic E-state index is 0.302. The normalized spacial score (nSPS) is 43.6. The van der Waals surface area contributed by atoms with Crippen LogP contribution in [0.3, 0.4) is 0 Å². The Hall–Kier alpha value is -0.570. The van der Waals surface area contributed by atoms with Gasteiger partial charge < -0.3 is 10.0 Å². The maximum Gasteiger partial charge on any atom is 0.309 e. The van der Waals surface area contributed by atoms with Crippen molar-refractivity contribution in [1.82, 2.24) is 4.90 Å². The average molecular weight is 195 g/mol. The zero-order valence-corrected chi connectivity index (χ0v) is 8.41. The first-order chi connectivity index (χ1) is 6.72. The smallest absolute Gasteiger partial charge is 0.309 e. The Morgan fingerprint density at radius 3 is 2.29 bits per heavy atom. The first-order valence-electron chi connectivity index (χ1n) is 5.68. The van der Waals surface area contributed by atoms with Crippen LogP contribution in [0.2, 0.25) is 0 Å². The Morgan fingerprint density at radius 2 is 1.93 bits per heavy atom. The molecule has 1 unspecified atom stereocenters. The van der Waals surface area contributed by atoms with Crippen molar-refractivity contribution < 1.29 is 9.90 Å². The fraction of sp³-hybridized carbons (Fsp3) is 0.909. The molecule has 1 atom stereocenters. The average Bonchev–Trinajstić information content (AvgIpc) is 3.00. The Labute approximate surface area is 84.1 Å². The van der Waals surface area contributed by atoms with Crippen LogP contribution in [-0.4, -0.2) is 35.6 Å². The molecule has 0 aromatic rings. The summed E-state index contributed by atoms with van der Waals surface area (Å²) in [5.74, 6) is 0.636. The highest BCUT2D eigenvalue weighted by Crippen LogP contribution is 2.57. The van der Waals surface area contributed by atoms with Crippen LogP contribution < -0.4 is 0 Å². The number of piperidine rings is 3. The number of hydrogen-bond acceptors (Lipinski definition) is 2. The zero-order chi connectivity index (χ0) is 9.76. The fourth-order valence-electron chi connectivity index (χ4n) is 3.47. The molecule has 78 valence electrons. The van der Waals surface area contributed by atoms with Gasteiger partial charge in [-0.15, -0.1) is 0 Å². The summed E-state index contributed by atoms with van der Waals surface area (Å²) in [7, 11) is 0. The van der Waals surface area contributed by atoms with Crippen molar-refractivity contribution in [1.29, 1.82) is 0 Å². The van der Waals surface area contributed by atoms with Gasteiger partial charge in [-0.3, -0.25) is 4.79 Å². The third-order valence-electron chi connectivity index (χ3n) is 4.58. The number of carbonyl (C=O) groups is 1. The van der Waals surface area contributed by atoms with Gasteiger partial charge in [-0.05, 0) is 50.6 Å². The number of carboxylic acids is 1. The molecule has 0 spiro atoms. The van der Waals surface area contributed by atoms with Gasteiger partial charge in [-0.2, -0.15) is 0 Å². The second kappa shape index (κ2) is 2.72. The minimum Gasteiger partial charge on any atom is -0.481 e. The van der Waals surface area contributed by atoms with Crippen LogP contribution in [0.15, 0.2) is 0 Å². The molecule has 2 bridgehead atoms. The van der Waals surface area contributed by atoms with E-state index in [1.165, 1.54) is 25.9 Å². The Morgan fingerprint density at radius 1 is 1.29 bits per heavy atom. The zero-order valence-electron chi connectivity index (χ0n) is 8.41. The lowest BCUT2D eigenvalue weighted by Gasteiger charge is -2.47. The van der Waals surface area contributed by atoms with E-state index in [-0.39, 0.29) is 5.41 Å². The lowest BCUT2D eigenvalue weighted by atomic mass is 9.71. The molecule has 3 heterocycles. The molecule has 4 rings (SSSR count). The molecule has 3 aliphatic heterocycles. The molecular formula is C11H17NO2. The Balaban J connectivity index is 1.82. The van der Waals surface area contributed by atoms with Crippen LogP contribution in [0.25, 0.3) is 0 Å². The predicted octanol–water partition coefficient (Wildman–Crippen LogP) is 1.19. The standard InChI is InChI=1S/C11H17NO2/c13-10(14)11(3-4-11)9-7-12-5-1-8(9)2-6-12/h8-9H,1-7H2,(H,13,14). The molecule has 4 fully saturated rings. The van der Waals surface area contributed by atoms with E-state index in [2.05, 4.69) is 4.90 Å². The molecule has 0 aromatic carbocycles. The summed E-state index contributed by atoms with van der Waals surface area (Å²) in [6.07, 6.45) is 4.33. The monoisotopic (exact) mass is 195 g/mol. The number of fused-ring (bicyclic) bond motifs is 3. The number of nitrogens with zero attached hydrogens (tertiary/aromatic N) is 1. The van der Waals surface area contributed by atoms with E-state index in [9.17, 15) is 9.90 Å². The van der Waals surface area contributed by atoms with Crippen LogP contribution in [0.4, 0.5) is 0 Å². The SMILES string of the molecule is O=C(O)C1(C2CN3CCC2CC3)CC1. The van der Waals surface area contributed by atoms with Crippen LogP contribution in [0, 0.1) is 17.3 Å². The van der Waals surface area contributed by atoms with Crippen LogP contribution >= 0.6 is 0 Å². The summed E-state index contributed by atoms with van der Waals surface area (Å²) >= 11 is 0. The fourth-order valence-corrected chi connectivity index (χ4v) is 3.47. The van der Waals surface area contributed by atoms with E-state index in [0.717, 1.165) is 19.4 Å². The lowest BCUT2D eigenvalue weighted by Crippen LogP contribution is -2.51. The minimum atomic E-state index is -0.531. The van der Waals surface area contributed by atoms with Crippen LogP contribution in [0.5, 0.6) is 0 Å². The number of carboxylic acid groups (broad SMARTS) is 1. The van der Waals surface area contributed by atoms with E-state index >= 15 is 0 Å². The third-order valence-corrected chi connectivity index (χ3v) is 4.58. The van der Waals surface area contributed by atoms with Gasteiger partial charge in [-0.25, -0.2) is 0 Å². The molecule has 3 heteroatoms. The van der Waals surface area contributed by atoms with Gasteiger partial charge in [-0.1, -0.05) is 0 Å². The highest BCUT2D eigenvalue weighted by molar-refractivity contribution is 5.78. The van der Waals surface area contributed by atoms with Gasteiger partial charge in [0.25, 0.3) is 0 Å². The van der Waals surface area contributed by atoms with Crippen molar-refractivity contribution in [3.63, 3.8) is 0 Å². The van der Waals surface area contributed by atoms with Gasteiger partial charge in [0.1, 0.15) is 0 Å². The third kappa shape index (κ3) is 1.05. The highest BCUT2D eigenvalue weighted by Gasteiger charge is 2.59. The number of aliphatic carboxylic acids is 1. The van der Waals surface area contributed by atoms with Gasteiger partial charge in [0.2, 0.25) is 0 Å². The van der Waals surface area contributed by atoms with Crippen molar-refractivity contribution in [2.24, 2.45) is 17.3 Å². The molecule has 1 N–H and O–H groups in total. The quantitative estimate of drug-likeness (QED) is 0.719. The van der Waals surface area contributed by atoms with Crippen molar-refractivity contribution >= 4 is 5.97 Å². The van der Waals surface area contributed by atoms with Gasteiger partial charge >= 0.3 is 5.97 Å². The molecule has 1 saturated carbocycles. The van der Waals surface area contributed by atoms with Crippen LogP contribution in [-0.2, 0) is 4.79 Å². The van der Waals surface area contributed by atoms with E-state index in [0.29, 0.717) is 11.8 Å². The summed E-state index contributed by atoms with van der Waals surface area (Å²) in [5, 5.41) is 9.27. The largest absolute Gasteiger partial charge is 0.481 e. The first-order valence-corrected chi connectivity index (χ1v) is 5.68. The van der Waals surface area contributed by atoms with E-state index < -0.39 is 5.97 Å². The van der Waals surface area contributed by atoms with Gasteiger partial charge in [0.05, 0.1) is 5.41 Å². The van der Waals surface area contributed by atoms with Crippen molar-refractivity contribution in [3.05, 3.63) is 0 Å². The molecule has 0 aromatic heterocycles. The summed E-state index contributed by atoms with van der Waals surface area (Å²) in [5.41, 5.74) is -0.302. The second-order valence-electron chi connectivity index (χ2n) is 5.21. The van der Waals surface area contributed by atoms with E-state index in [1.807, 2.05) is 0 Å². The lowest BCUT2D eigenvalue weighted by molar-refractivity contribution is -0.149. The molecule has 1 aliphatic carbocycles. The topological polar surface area (TPSA) is 40.5 Å². The summed E-state index contributed by atoms with van der Waals surface area (Å²) in [6.45, 7) is 3.46. The molecular weight excluding hydrogens is 178 g/mol. The van der Waals surface area contributed by atoms with Gasteiger partial charge in [0, 0.05) is 6.54 Å². The molecule has 4 aliphatic rings. The Bertz CT molecular complexity index is 264. The van der Waals surface area contributed by atoms with Crippen molar-refractivity contribution in [3.8, 4) is 0 Å².